The third kappa shape index (κ3) is 4.91. The van der Waals surface area contributed by atoms with E-state index in [2.05, 4.69) is 5.32 Å². The van der Waals surface area contributed by atoms with Gasteiger partial charge in [0.1, 0.15) is 0 Å². The fraction of sp³-hybridized carbons (Fsp3) is 0.500. The first kappa shape index (κ1) is 16.6. The smallest absolute Gasteiger partial charge is 0.314 e. The highest BCUT2D eigenvalue weighted by Crippen LogP contribution is 2.16. The highest BCUT2D eigenvalue weighted by atomic mass is 35.5. The second-order valence-corrected chi connectivity index (χ2v) is 6.08. The van der Waals surface area contributed by atoms with E-state index in [1.54, 1.807) is 4.90 Å². The normalized spacial score (nSPS) is 18.0. The number of primary amides is 1. The Morgan fingerprint density at radius 1 is 1.32 bits per heavy atom. The van der Waals surface area contributed by atoms with Crippen molar-refractivity contribution in [1.82, 2.24) is 10.2 Å². The van der Waals surface area contributed by atoms with Crippen molar-refractivity contribution in [3.63, 3.8) is 0 Å². The van der Waals surface area contributed by atoms with Crippen molar-refractivity contribution in [3.8, 4) is 0 Å². The van der Waals surface area contributed by atoms with Crippen molar-refractivity contribution in [2.75, 3.05) is 19.6 Å². The Bertz CT molecular complexity index is 519. The summed E-state index contributed by atoms with van der Waals surface area (Å²) in [6, 6.07) is 7.29. The van der Waals surface area contributed by atoms with Gasteiger partial charge in [-0.2, -0.15) is 0 Å². The van der Waals surface area contributed by atoms with E-state index in [0.717, 1.165) is 30.7 Å². The predicted molar refractivity (Wildman–Crippen MR) is 86.7 cm³/mol. The fourth-order valence-corrected chi connectivity index (χ4v) is 2.82. The van der Waals surface area contributed by atoms with Gasteiger partial charge < -0.3 is 16.0 Å². The summed E-state index contributed by atoms with van der Waals surface area (Å²) < 4.78 is 0. The molecule has 0 aliphatic carbocycles. The second kappa shape index (κ2) is 8.03. The summed E-state index contributed by atoms with van der Waals surface area (Å²) in [6.45, 7) is 1.71. The van der Waals surface area contributed by atoms with Crippen LogP contribution in [0.15, 0.2) is 24.3 Å². The monoisotopic (exact) mass is 323 g/mol. The van der Waals surface area contributed by atoms with Gasteiger partial charge in [-0.05, 0) is 43.4 Å². The molecule has 3 amide bonds. The number of halogens is 1. The van der Waals surface area contributed by atoms with E-state index in [-0.39, 0.29) is 11.8 Å². The topological polar surface area (TPSA) is 75.4 Å². The molecular weight excluding hydrogens is 302 g/mol. The number of urea groups is 1. The number of likely N-dealkylation sites (tertiary alicyclic amines) is 1. The number of amides is 3. The largest absolute Gasteiger partial charge is 0.356 e. The number of benzene rings is 1. The van der Waals surface area contributed by atoms with Crippen LogP contribution in [0, 0.1) is 5.92 Å². The number of carbonyl (C=O) groups is 2. The minimum absolute atomic E-state index is 0.0158. The molecule has 22 heavy (non-hydrogen) atoms. The number of hydrogen-bond donors (Lipinski definition) is 2. The molecule has 0 saturated carbocycles. The van der Waals surface area contributed by atoms with Crippen LogP contribution >= 0.6 is 11.6 Å². The number of aryl methyl sites for hydroxylation is 1. The summed E-state index contributed by atoms with van der Waals surface area (Å²) >= 11 is 5.84. The van der Waals surface area contributed by atoms with Gasteiger partial charge >= 0.3 is 6.03 Å². The molecule has 0 spiro atoms. The Morgan fingerprint density at radius 2 is 2.05 bits per heavy atom. The van der Waals surface area contributed by atoms with Crippen molar-refractivity contribution in [3.05, 3.63) is 34.9 Å². The molecule has 0 bridgehead atoms. The second-order valence-electron chi connectivity index (χ2n) is 5.64. The lowest BCUT2D eigenvalue weighted by molar-refractivity contribution is -0.126. The third-order valence-electron chi connectivity index (χ3n) is 3.96. The summed E-state index contributed by atoms with van der Waals surface area (Å²) in [5, 5.41) is 3.68. The highest BCUT2D eigenvalue weighted by molar-refractivity contribution is 6.30. The van der Waals surface area contributed by atoms with Gasteiger partial charge in [-0.1, -0.05) is 23.7 Å². The van der Waals surface area contributed by atoms with Gasteiger partial charge in [-0.3, -0.25) is 4.79 Å². The number of nitrogens with zero attached hydrogens (tertiary/aromatic N) is 1. The molecule has 1 heterocycles. The van der Waals surface area contributed by atoms with Gasteiger partial charge in [0.25, 0.3) is 0 Å². The molecule has 1 aliphatic heterocycles. The van der Waals surface area contributed by atoms with Crippen LogP contribution < -0.4 is 11.1 Å². The fourth-order valence-electron chi connectivity index (χ4n) is 2.69. The summed E-state index contributed by atoms with van der Waals surface area (Å²) in [4.78, 5) is 24.8. The molecule has 6 heteroatoms. The average Bonchev–Trinajstić information content (AvgIpc) is 2.53. The van der Waals surface area contributed by atoms with Crippen molar-refractivity contribution < 1.29 is 9.59 Å². The number of nitrogens with two attached hydrogens (primary N) is 1. The molecule has 0 aromatic heterocycles. The predicted octanol–water partition coefficient (Wildman–Crippen LogP) is 2.18. The zero-order valence-corrected chi connectivity index (χ0v) is 13.3. The van der Waals surface area contributed by atoms with E-state index in [1.807, 2.05) is 24.3 Å². The lowest BCUT2D eigenvalue weighted by atomic mass is 9.97. The molecule has 1 unspecified atom stereocenters. The van der Waals surface area contributed by atoms with Crippen LogP contribution in [0.4, 0.5) is 4.79 Å². The molecule has 1 fully saturated rings. The molecule has 120 valence electrons. The molecule has 1 aromatic carbocycles. The van der Waals surface area contributed by atoms with Crippen LogP contribution in [0.25, 0.3) is 0 Å². The zero-order valence-electron chi connectivity index (χ0n) is 12.6. The Morgan fingerprint density at radius 3 is 2.73 bits per heavy atom. The Balaban J connectivity index is 1.69. The maximum atomic E-state index is 12.1. The first-order valence-electron chi connectivity index (χ1n) is 7.63. The van der Waals surface area contributed by atoms with Crippen molar-refractivity contribution in [2.45, 2.75) is 25.7 Å². The first-order chi connectivity index (χ1) is 10.6. The van der Waals surface area contributed by atoms with Crippen molar-refractivity contribution in [1.29, 1.82) is 0 Å². The van der Waals surface area contributed by atoms with Crippen LogP contribution in [-0.2, 0) is 11.2 Å². The Kier molecular flexibility index (Phi) is 6.07. The SMILES string of the molecule is NC(=O)N1CCCC(C(=O)NCCCc2ccc(Cl)cc2)C1. The van der Waals surface area contributed by atoms with Crippen LogP contribution in [0.2, 0.25) is 5.02 Å². The van der Waals surface area contributed by atoms with Gasteiger partial charge in [0.15, 0.2) is 0 Å². The lowest BCUT2D eigenvalue weighted by Gasteiger charge is -2.30. The van der Waals surface area contributed by atoms with E-state index in [0.29, 0.717) is 19.6 Å². The molecule has 0 radical (unpaired) electrons. The van der Waals surface area contributed by atoms with Crippen molar-refractivity contribution >= 4 is 23.5 Å². The minimum atomic E-state index is -0.444. The molecule has 1 atom stereocenters. The summed E-state index contributed by atoms with van der Waals surface area (Å²) in [7, 11) is 0. The highest BCUT2D eigenvalue weighted by Gasteiger charge is 2.26. The van der Waals surface area contributed by atoms with Gasteiger partial charge in [0, 0.05) is 24.7 Å². The molecule has 5 nitrogen and oxygen atoms in total. The van der Waals surface area contributed by atoms with Crippen LogP contribution in [0.3, 0.4) is 0 Å². The standard InChI is InChI=1S/C16H22ClN3O2/c17-14-7-5-12(6-8-14)3-1-9-19-15(21)13-4-2-10-20(11-13)16(18)22/h5-8,13H,1-4,9-11H2,(H2,18,22)(H,19,21). The van der Waals surface area contributed by atoms with Crippen LogP contribution in [0.5, 0.6) is 0 Å². The summed E-state index contributed by atoms with van der Waals surface area (Å²) in [5.74, 6) is -0.126. The maximum absolute atomic E-state index is 12.1. The molecule has 1 aliphatic rings. The maximum Gasteiger partial charge on any atom is 0.314 e. The van der Waals surface area contributed by atoms with Gasteiger partial charge in [0.2, 0.25) is 5.91 Å². The lowest BCUT2D eigenvalue weighted by Crippen LogP contribution is -2.47. The Hall–Kier alpha value is -1.75. The van der Waals surface area contributed by atoms with E-state index < -0.39 is 6.03 Å². The molecule has 2 rings (SSSR count). The van der Waals surface area contributed by atoms with Gasteiger partial charge in [-0.15, -0.1) is 0 Å². The number of nitrogens with one attached hydrogen (secondary N) is 1. The van der Waals surface area contributed by atoms with Gasteiger partial charge in [-0.25, -0.2) is 4.79 Å². The van der Waals surface area contributed by atoms with Crippen molar-refractivity contribution in [2.24, 2.45) is 11.7 Å². The summed E-state index contributed by atoms with van der Waals surface area (Å²) in [5.41, 5.74) is 6.48. The Labute approximate surface area is 135 Å². The van der Waals surface area contributed by atoms with Crippen LogP contribution in [0.1, 0.15) is 24.8 Å². The van der Waals surface area contributed by atoms with E-state index in [4.69, 9.17) is 17.3 Å². The number of carbonyl (C=O) groups excluding carboxylic acids is 2. The van der Waals surface area contributed by atoms with Gasteiger partial charge in [0.05, 0.1) is 5.92 Å². The zero-order chi connectivity index (χ0) is 15.9. The molecule has 3 N–H and O–H groups in total. The van der Waals surface area contributed by atoms with Crippen LogP contribution in [-0.4, -0.2) is 36.5 Å². The molecule has 1 aromatic rings. The van der Waals surface area contributed by atoms with E-state index in [9.17, 15) is 9.59 Å². The molecule has 1 saturated heterocycles. The summed E-state index contributed by atoms with van der Waals surface area (Å²) in [6.07, 6.45) is 3.41. The minimum Gasteiger partial charge on any atom is -0.356 e. The quantitative estimate of drug-likeness (QED) is 0.815. The first-order valence-corrected chi connectivity index (χ1v) is 8.00. The average molecular weight is 324 g/mol. The number of piperidine rings is 1. The number of rotatable bonds is 5. The third-order valence-corrected chi connectivity index (χ3v) is 4.21. The van der Waals surface area contributed by atoms with E-state index >= 15 is 0 Å². The van der Waals surface area contributed by atoms with E-state index in [1.165, 1.54) is 5.56 Å². The number of hydrogen-bond acceptors (Lipinski definition) is 2. The molecular formula is C16H22ClN3O2.